The number of hydrogen-bond acceptors (Lipinski definition) is 4. The largest absolute Gasteiger partial charge is 0.380 e. The molecule has 3 rings (SSSR count). The fourth-order valence-corrected chi connectivity index (χ4v) is 2.19. The Bertz CT molecular complexity index is 567. The zero-order chi connectivity index (χ0) is 13.5. The number of ether oxygens (including phenoxy) is 1. The second-order valence-electron chi connectivity index (χ2n) is 5.88. The van der Waals surface area contributed by atoms with E-state index >= 15 is 0 Å². The van der Waals surface area contributed by atoms with Crippen LogP contribution in [0.2, 0.25) is 0 Å². The van der Waals surface area contributed by atoms with E-state index in [1.807, 2.05) is 27.8 Å². The van der Waals surface area contributed by atoms with Crippen molar-refractivity contribution in [2.45, 2.75) is 33.4 Å². The van der Waals surface area contributed by atoms with Gasteiger partial charge in [0.25, 0.3) is 0 Å². The molecule has 0 unspecified atom stereocenters. The summed E-state index contributed by atoms with van der Waals surface area (Å²) in [4.78, 5) is 0. The molecule has 1 fully saturated rings. The molecule has 3 heterocycles. The van der Waals surface area contributed by atoms with E-state index < -0.39 is 0 Å². The highest BCUT2D eigenvalue weighted by atomic mass is 16.5. The maximum absolute atomic E-state index is 5.25. The van der Waals surface area contributed by atoms with Gasteiger partial charge >= 0.3 is 0 Å². The van der Waals surface area contributed by atoms with Crippen LogP contribution in [0.5, 0.6) is 0 Å². The van der Waals surface area contributed by atoms with Crippen molar-refractivity contribution >= 4 is 0 Å². The lowest BCUT2D eigenvalue weighted by Gasteiger charge is -2.37. The number of rotatable bonds is 4. The standard InChI is InChI=1S/C13H19N5O/c1-10(2)18-5-4-11(15-18)12-6-17(16-14-12)7-13(3)8-19-9-13/h4-6,10H,7-9H2,1-3H3. The molecule has 1 saturated heterocycles. The summed E-state index contributed by atoms with van der Waals surface area (Å²) < 4.78 is 9.06. The zero-order valence-corrected chi connectivity index (χ0v) is 11.6. The molecular formula is C13H19N5O. The first-order valence-electron chi connectivity index (χ1n) is 6.59. The SMILES string of the molecule is CC(C)n1ccc(-c2cn(CC3(C)COC3)nn2)n1. The van der Waals surface area contributed by atoms with E-state index in [-0.39, 0.29) is 5.41 Å². The van der Waals surface area contributed by atoms with Gasteiger partial charge in [-0.15, -0.1) is 5.10 Å². The zero-order valence-electron chi connectivity index (χ0n) is 11.6. The van der Waals surface area contributed by atoms with Crippen LogP contribution in [0.15, 0.2) is 18.5 Å². The number of hydrogen-bond donors (Lipinski definition) is 0. The Morgan fingerprint density at radius 3 is 2.74 bits per heavy atom. The molecule has 0 spiro atoms. The lowest BCUT2D eigenvalue weighted by atomic mass is 9.89. The monoisotopic (exact) mass is 261 g/mol. The van der Waals surface area contributed by atoms with Crippen LogP contribution in [0.25, 0.3) is 11.4 Å². The van der Waals surface area contributed by atoms with Crippen molar-refractivity contribution in [2.24, 2.45) is 5.41 Å². The predicted octanol–water partition coefficient (Wildman–Crippen LogP) is 1.76. The highest BCUT2D eigenvalue weighted by Crippen LogP contribution is 2.28. The van der Waals surface area contributed by atoms with Crippen molar-refractivity contribution in [3.63, 3.8) is 0 Å². The van der Waals surface area contributed by atoms with Crippen LogP contribution in [0, 0.1) is 5.41 Å². The molecule has 1 aliphatic rings. The lowest BCUT2D eigenvalue weighted by Crippen LogP contribution is -2.43. The third-order valence-corrected chi connectivity index (χ3v) is 3.38. The van der Waals surface area contributed by atoms with Crippen molar-refractivity contribution in [3.8, 4) is 11.4 Å². The number of nitrogens with zero attached hydrogens (tertiary/aromatic N) is 5. The first kappa shape index (κ1) is 12.3. The summed E-state index contributed by atoms with van der Waals surface area (Å²) in [5.41, 5.74) is 1.89. The molecule has 6 heteroatoms. The Morgan fingerprint density at radius 1 is 1.37 bits per heavy atom. The average molecular weight is 261 g/mol. The molecule has 0 radical (unpaired) electrons. The highest BCUT2D eigenvalue weighted by Gasteiger charge is 2.34. The van der Waals surface area contributed by atoms with Crippen molar-refractivity contribution in [1.29, 1.82) is 0 Å². The fourth-order valence-electron chi connectivity index (χ4n) is 2.19. The van der Waals surface area contributed by atoms with E-state index in [1.165, 1.54) is 0 Å². The van der Waals surface area contributed by atoms with Gasteiger partial charge in [-0.2, -0.15) is 5.10 Å². The van der Waals surface area contributed by atoms with Crippen LogP contribution < -0.4 is 0 Å². The third kappa shape index (κ3) is 2.40. The van der Waals surface area contributed by atoms with Gasteiger partial charge in [-0.3, -0.25) is 9.36 Å². The normalized spacial score (nSPS) is 17.7. The van der Waals surface area contributed by atoms with E-state index in [9.17, 15) is 0 Å². The second kappa shape index (κ2) is 4.45. The van der Waals surface area contributed by atoms with Crippen molar-refractivity contribution < 1.29 is 4.74 Å². The smallest absolute Gasteiger partial charge is 0.133 e. The summed E-state index contributed by atoms with van der Waals surface area (Å²) in [6.07, 6.45) is 3.93. The molecule has 0 atom stereocenters. The van der Waals surface area contributed by atoms with Crippen molar-refractivity contribution in [2.75, 3.05) is 13.2 Å². The van der Waals surface area contributed by atoms with Crippen LogP contribution in [-0.2, 0) is 11.3 Å². The molecule has 0 aromatic carbocycles. The molecule has 1 aliphatic heterocycles. The first-order chi connectivity index (χ1) is 9.06. The van der Waals surface area contributed by atoms with Crippen LogP contribution >= 0.6 is 0 Å². The quantitative estimate of drug-likeness (QED) is 0.841. The first-order valence-corrected chi connectivity index (χ1v) is 6.59. The summed E-state index contributed by atoms with van der Waals surface area (Å²) in [5.74, 6) is 0. The van der Waals surface area contributed by atoms with Gasteiger partial charge in [0.05, 0.1) is 26.0 Å². The summed E-state index contributed by atoms with van der Waals surface area (Å²) >= 11 is 0. The summed E-state index contributed by atoms with van der Waals surface area (Å²) in [6, 6.07) is 2.33. The van der Waals surface area contributed by atoms with Gasteiger partial charge in [-0.25, -0.2) is 0 Å². The third-order valence-electron chi connectivity index (χ3n) is 3.38. The van der Waals surface area contributed by atoms with E-state index in [0.717, 1.165) is 31.1 Å². The Labute approximate surface area is 112 Å². The molecule has 0 amide bonds. The van der Waals surface area contributed by atoms with Crippen LogP contribution in [0.1, 0.15) is 26.8 Å². The van der Waals surface area contributed by atoms with E-state index in [0.29, 0.717) is 6.04 Å². The Kier molecular flexibility index (Phi) is 2.89. The minimum absolute atomic E-state index is 0.197. The van der Waals surface area contributed by atoms with Gasteiger partial charge in [0.15, 0.2) is 0 Å². The van der Waals surface area contributed by atoms with E-state index in [4.69, 9.17) is 4.74 Å². The molecule has 6 nitrogen and oxygen atoms in total. The fraction of sp³-hybridized carbons (Fsp3) is 0.615. The average Bonchev–Trinajstić information content (AvgIpc) is 2.94. The van der Waals surface area contributed by atoms with Crippen LogP contribution in [-0.4, -0.2) is 38.0 Å². The molecule has 0 saturated carbocycles. The molecular weight excluding hydrogens is 242 g/mol. The molecule has 0 aliphatic carbocycles. The van der Waals surface area contributed by atoms with E-state index in [1.54, 1.807) is 0 Å². The van der Waals surface area contributed by atoms with Gasteiger partial charge in [0.2, 0.25) is 0 Å². The summed E-state index contributed by atoms with van der Waals surface area (Å²) in [5, 5.41) is 12.9. The predicted molar refractivity (Wildman–Crippen MR) is 70.6 cm³/mol. The Hall–Kier alpha value is -1.69. The molecule has 102 valence electrons. The second-order valence-corrected chi connectivity index (χ2v) is 5.88. The minimum atomic E-state index is 0.197. The molecule has 0 N–H and O–H groups in total. The molecule has 2 aromatic rings. The number of aromatic nitrogens is 5. The van der Waals surface area contributed by atoms with Crippen molar-refractivity contribution in [3.05, 3.63) is 18.5 Å². The Morgan fingerprint density at radius 2 is 2.16 bits per heavy atom. The maximum atomic E-state index is 5.25. The van der Waals surface area contributed by atoms with Gasteiger partial charge in [0.1, 0.15) is 11.4 Å². The van der Waals surface area contributed by atoms with Crippen LogP contribution in [0.3, 0.4) is 0 Å². The molecule has 0 bridgehead atoms. The lowest BCUT2D eigenvalue weighted by molar-refractivity contribution is -0.111. The van der Waals surface area contributed by atoms with Crippen molar-refractivity contribution in [1.82, 2.24) is 24.8 Å². The topological polar surface area (TPSA) is 57.8 Å². The van der Waals surface area contributed by atoms with Gasteiger partial charge in [-0.05, 0) is 19.9 Å². The molecule has 19 heavy (non-hydrogen) atoms. The van der Waals surface area contributed by atoms with E-state index in [2.05, 4.69) is 36.2 Å². The van der Waals surface area contributed by atoms with Crippen LogP contribution in [0.4, 0.5) is 0 Å². The summed E-state index contributed by atoms with van der Waals surface area (Å²) in [6.45, 7) is 8.83. The van der Waals surface area contributed by atoms with Gasteiger partial charge in [-0.1, -0.05) is 12.1 Å². The van der Waals surface area contributed by atoms with Gasteiger partial charge < -0.3 is 4.74 Å². The summed E-state index contributed by atoms with van der Waals surface area (Å²) in [7, 11) is 0. The Balaban J connectivity index is 1.76. The highest BCUT2D eigenvalue weighted by molar-refractivity contribution is 5.51. The minimum Gasteiger partial charge on any atom is -0.380 e. The maximum Gasteiger partial charge on any atom is 0.133 e. The van der Waals surface area contributed by atoms with Gasteiger partial charge in [0, 0.05) is 17.7 Å². The molecule has 2 aromatic heterocycles.